The normalized spacial score (nSPS) is 11.6. The van der Waals surface area contributed by atoms with Gasteiger partial charge in [0.25, 0.3) is 0 Å². The Labute approximate surface area is 179 Å². The average Bonchev–Trinajstić information content (AvgIpc) is 2.77. The van der Waals surface area contributed by atoms with Gasteiger partial charge in [-0.2, -0.15) is 13.2 Å². The number of guanidine groups is 1. The molecule has 0 atom stereocenters. The van der Waals surface area contributed by atoms with Crippen molar-refractivity contribution in [1.82, 2.24) is 10.6 Å². The summed E-state index contributed by atoms with van der Waals surface area (Å²) in [6, 6.07) is 8.39. The Balaban J connectivity index is 1.87. The highest BCUT2D eigenvalue weighted by molar-refractivity contribution is 5.79. The van der Waals surface area contributed by atoms with Crippen LogP contribution in [0, 0.1) is 0 Å². The Bertz CT molecular complexity index is 863. The van der Waals surface area contributed by atoms with Crippen molar-refractivity contribution < 1.29 is 32.1 Å². The quantitative estimate of drug-likeness (QED) is 0.353. The number of nitrogens with one attached hydrogen (secondary N) is 2. The van der Waals surface area contributed by atoms with E-state index in [-0.39, 0.29) is 12.4 Å². The maximum atomic E-state index is 12.8. The largest absolute Gasteiger partial charge is 0.493 e. The average molecular weight is 441 g/mol. The Morgan fingerprint density at radius 2 is 1.65 bits per heavy atom. The molecule has 0 unspecified atom stereocenters. The minimum absolute atomic E-state index is 0.150. The van der Waals surface area contributed by atoms with E-state index in [1.165, 1.54) is 19.2 Å². The van der Waals surface area contributed by atoms with Crippen LogP contribution in [0.25, 0.3) is 0 Å². The van der Waals surface area contributed by atoms with Crippen molar-refractivity contribution in [3.05, 3.63) is 47.5 Å². The highest BCUT2D eigenvalue weighted by Crippen LogP contribution is 2.38. The lowest BCUT2D eigenvalue weighted by atomic mass is 10.2. The molecular weight excluding hydrogens is 415 g/mol. The van der Waals surface area contributed by atoms with Crippen LogP contribution in [-0.2, 0) is 12.7 Å². The Kier molecular flexibility index (Phi) is 8.65. The van der Waals surface area contributed by atoms with Crippen molar-refractivity contribution in [2.24, 2.45) is 4.99 Å². The van der Waals surface area contributed by atoms with Crippen molar-refractivity contribution >= 4 is 5.96 Å². The van der Waals surface area contributed by atoms with Gasteiger partial charge < -0.3 is 29.6 Å². The molecule has 170 valence electrons. The number of ether oxygens (including phenoxy) is 4. The Morgan fingerprint density at radius 1 is 0.968 bits per heavy atom. The zero-order valence-electron chi connectivity index (χ0n) is 17.8. The zero-order valence-corrected chi connectivity index (χ0v) is 17.8. The molecule has 0 aromatic heterocycles. The van der Waals surface area contributed by atoms with E-state index in [2.05, 4.69) is 15.6 Å². The standard InChI is InChI=1S/C21H26F3N3O4/c1-25-20(26-8-9-31-16-7-5-6-15(12-16)21(22,23)24)27-13-14-10-17(28-2)19(30-4)18(11-14)29-3/h5-7,10-12H,8-9,13H2,1-4H3,(H2,25,26,27). The summed E-state index contributed by atoms with van der Waals surface area (Å²) < 4.78 is 59.6. The van der Waals surface area contributed by atoms with E-state index >= 15 is 0 Å². The van der Waals surface area contributed by atoms with Crippen LogP contribution in [0.1, 0.15) is 11.1 Å². The van der Waals surface area contributed by atoms with Crippen LogP contribution >= 0.6 is 0 Å². The van der Waals surface area contributed by atoms with E-state index in [9.17, 15) is 13.2 Å². The molecule has 2 rings (SSSR count). The summed E-state index contributed by atoms with van der Waals surface area (Å²) in [5, 5.41) is 6.18. The number of alkyl halides is 3. The summed E-state index contributed by atoms with van der Waals surface area (Å²) >= 11 is 0. The second kappa shape index (κ2) is 11.2. The van der Waals surface area contributed by atoms with E-state index in [4.69, 9.17) is 18.9 Å². The molecule has 0 fully saturated rings. The van der Waals surface area contributed by atoms with Crippen LogP contribution in [0.5, 0.6) is 23.0 Å². The van der Waals surface area contributed by atoms with Crippen molar-refractivity contribution in [3.63, 3.8) is 0 Å². The van der Waals surface area contributed by atoms with E-state index in [0.29, 0.717) is 36.3 Å². The monoisotopic (exact) mass is 441 g/mol. The van der Waals surface area contributed by atoms with Gasteiger partial charge in [0.05, 0.1) is 33.4 Å². The van der Waals surface area contributed by atoms with Gasteiger partial charge in [0.2, 0.25) is 5.75 Å². The van der Waals surface area contributed by atoms with Gasteiger partial charge in [-0.25, -0.2) is 0 Å². The first-order chi connectivity index (χ1) is 14.8. The minimum atomic E-state index is -4.41. The summed E-state index contributed by atoms with van der Waals surface area (Å²) in [6.07, 6.45) is -4.41. The zero-order chi connectivity index (χ0) is 22.9. The van der Waals surface area contributed by atoms with Crippen LogP contribution in [-0.4, -0.2) is 47.5 Å². The third-order valence-corrected chi connectivity index (χ3v) is 4.23. The molecule has 0 bridgehead atoms. The predicted octanol–water partition coefficient (Wildman–Crippen LogP) is 3.48. The Hall–Kier alpha value is -3.30. The molecule has 2 N–H and O–H groups in total. The first-order valence-corrected chi connectivity index (χ1v) is 9.35. The lowest BCUT2D eigenvalue weighted by Gasteiger charge is -2.16. The number of methoxy groups -OCH3 is 3. The first-order valence-electron chi connectivity index (χ1n) is 9.35. The van der Waals surface area contributed by atoms with Crippen LogP contribution in [0.15, 0.2) is 41.4 Å². The molecule has 0 spiro atoms. The summed E-state index contributed by atoms with van der Waals surface area (Å²) in [5.41, 5.74) is 0.124. The van der Waals surface area contributed by atoms with Gasteiger partial charge in [-0.3, -0.25) is 4.99 Å². The molecule has 0 radical (unpaired) electrons. The van der Waals surface area contributed by atoms with Crippen molar-refractivity contribution in [3.8, 4) is 23.0 Å². The molecule has 31 heavy (non-hydrogen) atoms. The number of aliphatic imine (C=N–C) groups is 1. The molecule has 0 aliphatic carbocycles. The summed E-state index contributed by atoms with van der Waals surface area (Å²) in [4.78, 5) is 4.12. The molecular formula is C21H26F3N3O4. The summed E-state index contributed by atoms with van der Waals surface area (Å²) in [7, 11) is 6.22. The fourth-order valence-electron chi connectivity index (χ4n) is 2.74. The van der Waals surface area contributed by atoms with Gasteiger partial charge in [-0.05, 0) is 35.9 Å². The molecule has 0 saturated carbocycles. The second-order valence-corrected chi connectivity index (χ2v) is 6.26. The number of hydrogen-bond donors (Lipinski definition) is 2. The van der Waals surface area contributed by atoms with Crippen LogP contribution < -0.4 is 29.6 Å². The molecule has 0 saturated heterocycles. The lowest BCUT2D eigenvalue weighted by Crippen LogP contribution is -2.38. The fourth-order valence-corrected chi connectivity index (χ4v) is 2.74. The van der Waals surface area contributed by atoms with Crippen molar-refractivity contribution in [1.29, 1.82) is 0 Å². The number of benzene rings is 2. The minimum Gasteiger partial charge on any atom is -0.493 e. The fraction of sp³-hybridized carbons (Fsp3) is 0.381. The van der Waals surface area contributed by atoms with Crippen LogP contribution in [0.3, 0.4) is 0 Å². The highest BCUT2D eigenvalue weighted by atomic mass is 19.4. The third kappa shape index (κ3) is 6.87. The summed E-state index contributed by atoms with van der Waals surface area (Å²) in [6.45, 7) is 0.919. The SMILES string of the molecule is CN=C(NCCOc1cccc(C(F)(F)F)c1)NCc1cc(OC)c(OC)c(OC)c1. The molecule has 10 heteroatoms. The molecule has 0 heterocycles. The maximum absolute atomic E-state index is 12.8. The molecule has 7 nitrogen and oxygen atoms in total. The van der Waals surface area contributed by atoms with Gasteiger partial charge in [-0.15, -0.1) is 0 Å². The molecule has 2 aromatic rings. The van der Waals surface area contributed by atoms with Crippen LogP contribution in [0.4, 0.5) is 13.2 Å². The third-order valence-electron chi connectivity index (χ3n) is 4.23. The van der Waals surface area contributed by atoms with Gasteiger partial charge in [0, 0.05) is 13.6 Å². The van der Waals surface area contributed by atoms with Gasteiger partial charge in [-0.1, -0.05) is 6.07 Å². The van der Waals surface area contributed by atoms with E-state index < -0.39 is 11.7 Å². The topological polar surface area (TPSA) is 73.3 Å². The van der Waals surface area contributed by atoms with E-state index in [1.807, 2.05) is 12.1 Å². The number of rotatable bonds is 9. The molecule has 0 aliphatic heterocycles. The summed E-state index contributed by atoms with van der Waals surface area (Å²) in [5.74, 6) is 2.23. The van der Waals surface area contributed by atoms with Crippen LogP contribution in [0.2, 0.25) is 0 Å². The van der Waals surface area contributed by atoms with Gasteiger partial charge in [0.15, 0.2) is 17.5 Å². The number of hydrogen-bond acceptors (Lipinski definition) is 5. The van der Waals surface area contributed by atoms with Crippen molar-refractivity contribution in [2.45, 2.75) is 12.7 Å². The lowest BCUT2D eigenvalue weighted by molar-refractivity contribution is -0.137. The molecule has 0 amide bonds. The first kappa shape index (κ1) is 24.0. The number of halogens is 3. The van der Waals surface area contributed by atoms with Crippen molar-refractivity contribution in [2.75, 3.05) is 41.5 Å². The van der Waals surface area contributed by atoms with Gasteiger partial charge in [0.1, 0.15) is 12.4 Å². The maximum Gasteiger partial charge on any atom is 0.416 e. The molecule has 2 aromatic carbocycles. The number of nitrogens with zero attached hydrogens (tertiary/aromatic N) is 1. The second-order valence-electron chi connectivity index (χ2n) is 6.26. The smallest absolute Gasteiger partial charge is 0.416 e. The predicted molar refractivity (Wildman–Crippen MR) is 111 cm³/mol. The van der Waals surface area contributed by atoms with E-state index in [1.54, 1.807) is 21.3 Å². The van der Waals surface area contributed by atoms with E-state index in [0.717, 1.165) is 17.7 Å². The highest BCUT2D eigenvalue weighted by Gasteiger charge is 2.30. The van der Waals surface area contributed by atoms with Gasteiger partial charge >= 0.3 is 6.18 Å². The Morgan fingerprint density at radius 3 is 2.19 bits per heavy atom. The molecule has 0 aliphatic rings.